The Bertz CT molecular complexity index is 851. The second-order valence-electron chi connectivity index (χ2n) is 8.29. The number of ether oxygens (including phenoxy) is 2. The molecule has 1 fully saturated rings. The predicted molar refractivity (Wildman–Crippen MR) is 116 cm³/mol. The van der Waals surface area contributed by atoms with Crippen molar-refractivity contribution in [3.63, 3.8) is 0 Å². The minimum atomic E-state index is -0.516. The van der Waals surface area contributed by atoms with Crippen LogP contribution in [0, 0.1) is 11.7 Å². The van der Waals surface area contributed by atoms with Gasteiger partial charge in [-0.2, -0.15) is 0 Å². The van der Waals surface area contributed by atoms with Gasteiger partial charge < -0.3 is 24.8 Å². The van der Waals surface area contributed by atoms with Crippen LogP contribution >= 0.6 is 0 Å². The van der Waals surface area contributed by atoms with E-state index in [1.807, 2.05) is 24.3 Å². The molecule has 2 aromatic rings. The molecule has 168 valence electrons. The highest BCUT2D eigenvalue weighted by molar-refractivity contribution is 5.68. The fraction of sp³-hybridized carbons (Fsp3) is 0.458. The standard InChI is InChI=1S/C24H31FN2O4/c1-17(2)15-30-22-7-3-18(4-8-22)16-31-24(29)27(21-9-11-26-12-10-21)14-19-5-6-20(25)13-23(19)28/h3-8,13,17,21,26,28H,9-12,14-16H2,1-2H3. The molecule has 2 N–H and O–H groups in total. The summed E-state index contributed by atoms with van der Waals surface area (Å²) in [6, 6.07) is 11.3. The zero-order valence-electron chi connectivity index (χ0n) is 18.1. The Balaban J connectivity index is 1.64. The van der Waals surface area contributed by atoms with E-state index >= 15 is 0 Å². The number of hydrogen-bond donors (Lipinski definition) is 2. The zero-order valence-corrected chi connectivity index (χ0v) is 18.1. The van der Waals surface area contributed by atoms with E-state index in [1.165, 1.54) is 12.1 Å². The first-order chi connectivity index (χ1) is 14.9. The number of amides is 1. The molecule has 0 radical (unpaired) electrons. The maximum Gasteiger partial charge on any atom is 0.410 e. The van der Waals surface area contributed by atoms with E-state index < -0.39 is 11.9 Å². The highest BCUT2D eigenvalue weighted by Crippen LogP contribution is 2.24. The molecule has 0 aromatic heterocycles. The molecule has 0 bridgehead atoms. The number of aromatic hydroxyl groups is 1. The molecule has 1 heterocycles. The highest BCUT2D eigenvalue weighted by Gasteiger charge is 2.27. The third-order valence-electron chi connectivity index (χ3n) is 5.24. The molecule has 2 aromatic carbocycles. The van der Waals surface area contributed by atoms with Crippen molar-refractivity contribution in [1.29, 1.82) is 0 Å². The molecule has 6 nitrogen and oxygen atoms in total. The third-order valence-corrected chi connectivity index (χ3v) is 5.24. The Labute approximate surface area is 183 Å². The van der Waals surface area contributed by atoms with Crippen molar-refractivity contribution < 1.29 is 23.8 Å². The van der Waals surface area contributed by atoms with Crippen LogP contribution in [0.5, 0.6) is 11.5 Å². The van der Waals surface area contributed by atoms with E-state index in [1.54, 1.807) is 4.90 Å². The first-order valence-electron chi connectivity index (χ1n) is 10.8. The van der Waals surface area contributed by atoms with E-state index in [4.69, 9.17) is 9.47 Å². The summed E-state index contributed by atoms with van der Waals surface area (Å²) in [5.41, 5.74) is 1.35. The van der Waals surface area contributed by atoms with Gasteiger partial charge in [-0.1, -0.05) is 32.0 Å². The van der Waals surface area contributed by atoms with Crippen LogP contribution in [-0.4, -0.2) is 41.8 Å². The first kappa shape index (κ1) is 22.9. The van der Waals surface area contributed by atoms with Crippen LogP contribution in [-0.2, 0) is 17.9 Å². The molecule has 31 heavy (non-hydrogen) atoms. The summed E-state index contributed by atoms with van der Waals surface area (Å²) in [6.45, 7) is 6.75. The highest BCUT2D eigenvalue weighted by atomic mass is 19.1. The number of hydrogen-bond acceptors (Lipinski definition) is 5. The number of piperidine rings is 1. The van der Waals surface area contributed by atoms with Crippen molar-refractivity contribution in [3.05, 3.63) is 59.4 Å². The number of rotatable bonds is 8. The lowest BCUT2D eigenvalue weighted by Gasteiger charge is -2.34. The van der Waals surface area contributed by atoms with Crippen LogP contribution in [0.4, 0.5) is 9.18 Å². The number of nitrogens with zero attached hydrogens (tertiary/aromatic N) is 1. The summed E-state index contributed by atoms with van der Waals surface area (Å²) in [6.07, 6.45) is 1.13. The van der Waals surface area contributed by atoms with Crippen molar-refractivity contribution in [2.75, 3.05) is 19.7 Å². The van der Waals surface area contributed by atoms with Crippen molar-refractivity contribution in [2.45, 2.75) is 45.9 Å². The Morgan fingerprint density at radius 2 is 1.90 bits per heavy atom. The van der Waals surface area contributed by atoms with Gasteiger partial charge in [0.1, 0.15) is 23.9 Å². The fourth-order valence-corrected chi connectivity index (χ4v) is 3.49. The van der Waals surface area contributed by atoms with Crippen LogP contribution in [0.25, 0.3) is 0 Å². The Kier molecular flexibility index (Phi) is 8.12. The predicted octanol–water partition coefficient (Wildman–Crippen LogP) is 4.46. The monoisotopic (exact) mass is 430 g/mol. The molecule has 0 aliphatic carbocycles. The number of phenols is 1. The summed E-state index contributed by atoms with van der Waals surface area (Å²) < 4.78 is 24.6. The average Bonchev–Trinajstić information content (AvgIpc) is 2.77. The summed E-state index contributed by atoms with van der Waals surface area (Å²) in [5.74, 6) is 0.552. The molecule has 0 spiro atoms. The van der Waals surface area contributed by atoms with Crippen LogP contribution in [0.3, 0.4) is 0 Å². The van der Waals surface area contributed by atoms with Gasteiger partial charge in [-0.3, -0.25) is 0 Å². The molecule has 1 amide bonds. The smallest absolute Gasteiger partial charge is 0.410 e. The van der Waals surface area contributed by atoms with E-state index in [0.717, 1.165) is 43.3 Å². The van der Waals surface area contributed by atoms with Gasteiger partial charge in [-0.25, -0.2) is 9.18 Å². The van der Waals surface area contributed by atoms with Gasteiger partial charge in [0.25, 0.3) is 0 Å². The minimum Gasteiger partial charge on any atom is -0.507 e. The minimum absolute atomic E-state index is 0.00925. The van der Waals surface area contributed by atoms with E-state index in [2.05, 4.69) is 19.2 Å². The van der Waals surface area contributed by atoms with Gasteiger partial charge in [-0.15, -0.1) is 0 Å². The first-order valence-corrected chi connectivity index (χ1v) is 10.8. The molecular formula is C24H31FN2O4. The molecule has 1 aliphatic heterocycles. The SMILES string of the molecule is CC(C)COc1ccc(COC(=O)N(Cc2ccc(F)cc2O)C2CCNCC2)cc1. The number of phenolic OH excluding ortho intramolecular Hbond substituents is 1. The normalized spacial score (nSPS) is 14.5. The lowest BCUT2D eigenvalue weighted by Crippen LogP contribution is -2.45. The zero-order chi connectivity index (χ0) is 22.2. The van der Waals surface area contributed by atoms with Gasteiger partial charge in [-0.05, 0) is 55.6 Å². The third kappa shape index (κ3) is 6.85. The Morgan fingerprint density at radius 1 is 1.19 bits per heavy atom. The summed E-state index contributed by atoms with van der Waals surface area (Å²) >= 11 is 0. The van der Waals surface area contributed by atoms with Crippen LogP contribution in [0.2, 0.25) is 0 Å². The topological polar surface area (TPSA) is 71.0 Å². The number of carbonyl (C=O) groups excluding carboxylic acids is 1. The maximum absolute atomic E-state index is 13.3. The molecule has 0 atom stereocenters. The molecule has 7 heteroatoms. The van der Waals surface area contributed by atoms with Gasteiger partial charge in [0.15, 0.2) is 0 Å². The van der Waals surface area contributed by atoms with Crippen molar-refractivity contribution in [3.8, 4) is 11.5 Å². The second kappa shape index (κ2) is 11.0. The van der Waals surface area contributed by atoms with Gasteiger partial charge in [0, 0.05) is 17.7 Å². The van der Waals surface area contributed by atoms with Gasteiger partial charge in [0.05, 0.1) is 13.2 Å². The summed E-state index contributed by atoms with van der Waals surface area (Å²) in [5, 5.41) is 13.4. The number of halogens is 1. The van der Waals surface area contributed by atoms with Gasteiger partial charge in [0.2, 0.25) is 0 Å². The molecule has 0 unspecified atom stereocenters. The molecule has 3 rings (SSSR count). The quantitative estimate of drug-likeness (QED) is 0.647. The van der Waals surface area contributed by atoms with E-state index in [9.17, 15) is 14.3 Å². The van der Waals surface area contributed by atoms with Crippen LogP contribution < -0.4 is 10.1 Å². The number of nitrogens with one attached hydrogen (secondary N) is 1. The molecule has 1 saturated heterocycles. The maximum atomic E-state index is 13.3. The van der Waals surface area contributed by atoms with Gasteiger partial charge >= 0.3 is 6.09 Å². The second-order valence-corrected chi connectivity index (χ2v) is 8.29. The van der Waals surface area contributed by atoms with Crippen LogP contribution in [0.15, 0.2) is 42.5 Å². The molecule has 1 aliphatic rings. The average molecular weight is 431 g/mol. The van der Waals surface area contributed by atoms with Crippen LogP contribution in [0.1, 0.15) is 37.8 Å². The van der Waals surface area contributed by atoms with E-state index in [0.29, 0.717) is 18.1 Å². The Hall–Kier alpha value is -2.80. The Morgan fingerprint density at radius 3 is 2.55 bits per heavy atom. The molecular weight excluding hydrogens is 399 g/mol. The summed E-state index contributed by atoms with van der Waals surface area (Å²) in [4.78, 5) is 14.6. The molecule has 0 saturated carbocycles. The lowest BCUT2D eigenvalue weighted by molar-refractivity contribution is 0.0696. The van der Waals surface area contributed by atoms with Crippen molar-refractivity contribution >= 4 is 6.09 Å². The van der Waals surface area contributed by atoms with Crippen molar-refractivity contribution in [2.24, 2.45) is 5.92 Å². The lowest BCUT2D eigenvalue weighted by atomic mass is 10.0. The number of carbonyl (C=O) groups is 1. The number of benzene rings is 2. The largest absolute Gasteiger partial charge is 0.507 e. The summed E-state index contributed by atoms with van der Waals surface area (Å²) in [7, 11) is 0. The van der Waals surface area contributed by atoms with E-state index in [-0.39, 0.29) is 24.9 Å². The van der Waals surface area contributed by atoms with Crippen molar-refractivity contribution in [1.82, 2.24) is 10.2 Å². The fourth-order valence-electron chi connectivity index (χ4n) is 3.49.